The molecule has 10 heteroatoms. The van der Waals surface area contributed by atoms with Crippen molar-refractivity contribution in [3.05, 3.63) is 99.0 Å². The van der Waals surface area contributed by atoms with Crippen LogP contribution in [0.5, 0.6) is 5.75 Å². The Kier molecular flexibility index (Phi) is 7.46. The highest BCUT2D eigenvalue weighted by Gasteiger charge is 2.52. The Hall–Kier alpha value is -4.05. The van der Waals surface area contributed by atoms with Gasteiger partial charge in [-0.15, -0.1) is 0 Å². The Labute approximate surface area is 230 Å². The molecule has 1 saturated carbocycles. The van der Waals surface area contributed by atoms with Gasteiger partial charge < -0.3 is 24.8 Å². The van der Waals surface area contributed by atoms with E-state index in [1.165, 1.54) is 12.3 Å². The number of ether oxygens (including phenoxy) is 1. The van der Waals surface area contributed by atoms with Gasteiger partial charge in [-0.3, -0.25) is 14.4 Å². The van der Waals surface area contributed by atoms with Gasteiger partial charge in [-0.05, 0) is 45.4 Å². The minimum atomic E-state index is -0.805. The molecule has 1 fully saturated rings. The van der Waals surface area contributed by atoms with E-state index in [0.29, 0.717) is 19.4 Å². The summed E-state index contributed by atoms with van der Waals surface area (Å²) in [4.78, 5) is 42.6. The second kappa shape index (κ2) is 10.8. The van der Waals surface area contributed by atoms with Crippen molar-refractivity contribution in [2.24, 2.45) is 0 Å². The molecule has 1 aliphatic heterocycles. The molecule has 210 valence electrons. The van der Waals surface area contributed by atoms with E-state index in [1.54, 1.807) is 9.47 Å². The molecule has 2 N–H and O–H groups in total. The lowest BCUT2D eigenvalue weighted by molar-refractivity contribution is 0.00907. The van der Waals surface area contributed by atoms with E-state index in [-0.39, 0.29) is 53.7 Å². The third-order valence-corrected chi connectivity index (χ3v) is 7.81. The van der Waals surface area contributed by atoms with Crippen LogP contribution in [-0.2, 0) is 18.7 Å². The number of hydrogen-bond donors (Lipinski definition) is 2. The summed E-state index contributed by atoms with van der Waals surface area (Å²) >= 11 is 0. The number of nitrogens with zero attached hydrogens (tertiary/aromatic N) is 2. The molecule has 2 aliphatic rings. The minimum Gasteiger partial charge on any atom is -0.483 e. The number of amides is 2. The van der Waals surface area contributed by atoms with Crippen LogP contribution in [0.3, 0.4) is 0 Å². The van der Waals surface area contributed by atoms with Crippen molar-refractivity contribution in [3.63, 3.8) is 0 Å². The summed E-state index contributed by atoms with van der Waals surface area (Å²) < 4.78 is 35.3. The van der Waals surface area contributed by atoms with Crippen molar-refractivity contribution in [1.82, 2.24) is 20.1 Å². The smallest absolute Gasteiger partial charge is 0.274 e. The van der Waals surface area contributed by atoms with Crippen LogP contribution in [0.1, 0.15) is 58.7 Å². The summed E-state index contributed by atoms with van der Waals surface area (Å²) in [5.41, 5.74) is -0.483. The van der Waals surface area contributed by atoms with Gasteiger partial charge in [0.1, 0.15) is 23.8 Å². The molecule has 0 bridgehead atoms. The number of fused-ring (bicyclic) bond motifs is 2. The quantitative estimate of drug-likeness (QED) is 0.448. The lowest BCUT2D eigenvalue weighted by atomic mass is 9.70. The molecule has 0 atom stereocenters. The monoisotopic (exact) mass is 550 g/mol. The number of carbonyl (C=O) groups excluding carboxylic acids is 2. The summed E-state index contributed by atoms with van der Waals surface area (Å²) in [6.45, 7) is 4.05. The highest BCUT2D eigenvalue weighted by molar-refractivity contribution is 5.99. The van der Waals surface area contributed by atoms with Crippen molar-refractivity contribution in [2.75, 3.05) is 13.6 Å². The van der Waals surface area contributed by atoms with Crippen molar-refractivity contribution in [3.8, 4) is 5.75 Å². The number of hydrogen-bond acceptors (Lipinski definition) is 5. The zero-order valence-electron chi connectivity index (χ0n) is 22.7. The molecule has 1 aliphatic carbocycles. The lowest BCUT2D eigenvalue weighted by Crippen LogP contribution is -2.65. The van der Waals surface area contributed by atoms with Crippen LogP contribution < -0.4 is 20.8 Å². The molecule has 2 amide bonds. The molecule has 0 radical (unpaired) electrons. The molecule has 3 aromatic rings. The summed E-state index contributed by atoms with van der Waals surface area (Å²) in [6, 6.07) is 12.4. The summed E-state index contributed by atoms with van der Waals surface area (Å²) in [7, 11) is 1.87. The average Bonchev–Trinajstić information content (AvgIpc) is 2.91. The summed E-state index contributed by atoms with van der Waals surface area (Å²) in [6.07, 6.45) is 2.82. The van der Waals surface area contributed by atoms with Gasteiger partial charge in [0.25, 0.3) is 11.8 Å². The van der Waals surface area contributed by atoms with Crippen molar-refractivity contribution < 1.29 is 23.1 Å². The Balaban J connectivity index is 1.58. The SMILES string of the molecule is CNC1CC2(C1)CN(C(C)C)C(=O)c1c(OCc3ccccc3)c(=O)c(C(=O)NCc3ccc(F)cc3F)cn12. The zero-order chi connectivity index (χ0) is 28.6. The maximum Gasteiger partial charge on any atom is 0.274 e. The molecule has 2 heterocycles. The molecule has 8 nitrogen and oxygen atoms in total. The third-order valence-electron chi connectivity index (χ3n) is 7.81. The van der Waals surface area contributed by atoms with E-state index in [1.807, 2.05) is 51.2 Å². The molecule has 0 unspecified atom stereocenters. The fraction of sp³-hybridized carbons (Fsp3) is 0.367. The van der Waals surface area contributed by atoms with E-state index in [2.05, 4.69) is 10.6 Å². The number of nitrogens with one attached hydrogen (secondary N) is 2. The van der Waals surface area contributed by atoms with Gasteiger partial charge in [0.15, 0.2) is 11.4 Å². The molecule has 0 saturated heterocycles. The van der Waals surface area contributed by atoms with E-state index in [9.17, 15) is 23.2 Å². The average molecular weight is 551 g/mol. The number of aromatic nitrogens is 1. The molecule has 5 rings (SSSR count). The van der Waals surface area contributed by atoms with Crippen LogP contribution in [0.15, 0.2) is 59.5 Å². The van der Waals surface area contributed by atoms with Gasteiger partial charge in [0.05, 0.1) is 5.54 Å². The summed E-state index contributed by atoms with van der Waals surface area (Å²) in [5.74, 6) is -2.81. The van der Waals surface area contributed by atoms with Gasteiger partial charge >= 0.3 is 0 Å². The topological polar surface area (TPSA) is 92.7 Å². The van der Waals surface area contributed by atoms with Crippen LogP contribution in [0.4, 0.5) is 8.78 Å². The van der Waals surface area contributed by atoms with Crippen LogP contribution in [0.2, 0.25) is 0 Å². The first kappa shape index (κ1) is 27.5. The second-order valence-electron chi connectivity index (χ2n) is 10.8. The van der Waals surface area contributed by atoms with Crippen LogP contribution >= 0.6 is 0 Å². The Morgan fingerprint density at radius 1 is 1.12 bits per heavy atom. The van der Waals surface area contributed by atoms with Crippen molar-refractivity contribution in [1.29, 1.82) is 0 Å². The zero-order valence-corrected chi connectivity index (χ0v) is 22.7. The van der Waals surface area contributed by atoms with E-state index >= 15 is 0 Å². The standard InChI is InChI=1S/C30H32F2N4O4/c1-18(2)35-17-30(12-22(13-30)33-3)36-15-23(28(38)34-14-20-9-10-21(31)11-24(20)32)26(37)27(25(36)29(35)39)40-16-19-7-5-4-6-8-19/h4-11,15,18,22,33H,12-14,16-17H2,1-3H3,(H,34,38). The van der Waals surface area contributed by atoms with E-state index in [0.717, 1.165) is 17.7 Å². The largest absolute Gasteiger partial charge is 0.483 e. The number of rotatable bonds is 8. The fourth-order valence-electron chi connectivity index (χ4n) is 5.53. The summed E-state index contributed by atoms with van der Waals surface area (Å²) in [5, 5.41) is 5.83. The number of halogens is 2. The predicted octanol–water partition coefficient (Wildman–Crippen LogP) is 3.58. The van der Waals surface area contributed by atoms with Gasteiger partial charge in [0, 0.05) is 43.0 Å². The van der Waals surface area contributed by atoms with Crippen LogP contribution in [0.25, 0.3) is 0 Å². The maximum absolute atomic E-state index is 14.2. The first-order valence-corrected chi connectivity index (χ1v) is 13.3. The van der Waals surface area contributed by atoms with E-state index in [4.69, 9.17) is 4.74 Å². The van der Waals surface area contributed by atoms with E-state index < -0.39 is 28.5 Å². The number of carbonyl (C=O) groups is 2. The maximum atomic E-state index is 14.2. The van der Waals surface area contributed by atoms with Gasteiger partial charge in [0.2, 0.25) is 5.43 Å². The van der Waals surface area contributed by atoms with Gasteiger partial charge in [-0.25, -0.2) is 8.78 Å². The molecule has 1 aromatic heterocycles. The second-order valence-corrected chi connectivity index (χ2v) is 10.8. The Morgan fingerprint density at radius 3 is 2.50 bits per heavy atom. The van der Waals surface area contributed by atoms with Crippen molar-refractivity contribution in [2.45, 2.75) is 57.5 Å². The highest BCUT2D eigenvalue weighted by atomic mass is 19.1. The molecule has 40 heavy (non-hydrogen) atoms. The minimum absolute atomic E-state index is 0.0239. The molecule has 2 aromatic carbocycles. The van der Waals surface area contributed by atoms with Crippen LogP contribution in [-0.4, -0.2) is 47.0 Å². The molecule has 1 spiro atoms. The normalized spacial score (nSPS) is 19.9. The lowest BCUT2D eigenvalue weighted by Gasteiger charge is -2.55. The first-order valence-electron chi connectivity index (χ1n) is 13.3. The predicted molar refractivity (Wildman–Crippen MR) is 145 cm³/mol. The first-order chi connectivity index (χ1) is 19.1. The van der Waals surface area contributed by atoms with Crippen molar-refractivity contribution >= 4 is 11.8 Å². The Bertz CT molecular complexity index is 1500. The van der Waals surface area contributed by atoms with Gasteiger partial charge in [-0.2, -0.15) is 0 Å². The van der Waals surface area contributed by atoms with Gasteiger partial charge in [-0.1, -0.05) is 36.4 Å². The highest BCUT2D eigenvalue weighted by Crippen LogP contribution is 2.45. The fourth-order valence-corrected chi connectivity index (χ4v) is 5.53. The Morgan fingerprint density at radius 2 is 1.85 bits per heavy atom. The number of pyridine rings is 1. The van der Waals surface area contributed by atoms with Crippen LogP contribution in [0, 0.1) is 11.6 Å². The molecular weight excluding hydrogens is 518 g/mol. The molecular formula is C30H32F2N4O4. The number of benzene rings is 2. The third kappa shape index (κ3) is 4.99.